The van der Waals surface area contributed by atoms with Crippen LogP contribution < -0.4 is 5.01 Å². The van der Waals surface area contributed by atoms with Gasteiger partial charge in [-0.25, -0.2) is 10.0 Å². The van der Waals surface area contributed by atoms with Crippen LogP contribution in [0.15, 0.2) is 30.3 Å². The van der Waals surface area contributed by atoms with E-state index in [1.54, 1.807) is 5.01 Å². The summed E-state index contributed by atoms with van der Waals surface area (Å²) >= 11 is 0. The fourth-order valence-electron chi connectivity index (χ4n) is 1.66. The van der Waals surface area contributed by atoms with Crippen LogP contribution in [0.3, 0.4) is 0 Å². The zero-order chi connectivity index (χ0) is 11.0. The van der Waals surface area contributed by atoms with Gasteiger partial charge in [0.1, 0.15) is 5.71 Å². The first-order valence-electron chi connectivity index (χ1n) is 4.83. The molecule has 1 amide bonds. The molecule has 0 radical (unpaired) electrons. The SMILES string of the molecule is CC1C(=N)C(=O)N(c2ccccc2)N1C. The minimum Gasteiger partial charge on any atom is -0.298 e. The molecule has 15 heavy (non-hydrogen) atoms. The number of para-hydroxylation sites is 1. The first-order valence-corrected chi connectivity index (χ1v) is 4.83. The second-order valence-corrected chi connectivity index (χ2v) is 3.62. The molecule has 0 bridgehead atoms. The zero-order valence-corrected chi connectivity index (χ0v) is 8.77. The van der Waals surface area contributed by atoms with Crippen molar-refractivity contribution in [2.45, 2.75) is 13.0 Å². The lowest BCUT2D eigenvalue weighted by Crippen LogP contribution is -2.38. The van der Waals surface area contributed by atoms with Crippen LogP contribution in [-0.4, -0.2) is 29.7 Å². The summed E-state index contributed by atoms with van der Waals surface area (Å²) in [5.41, 5.74) is 0.945. The van der Waals surface area contributed by atoms with Crippen molar-refractivity contribution in [1.82, 2.24) is 5.01 Å². The summed E-state index contributed by atoms with van der Waals surface area (Å²) < 4.78 is 0. The van der Waals surface area contributed by atoms with E-state index in [0.29, 0.717) is 0 Å². The van der Waals surface area contributed by atoms with Crippen LogP contribution in [0, 0.1) is 5.41 Å². The molecule has 4 heteroatoms. The van der Waals surface area contributed by atoms with E-state index in [0.717, 1.165) is 5.69 Å². The Hall–Kier alpha value is -1.68. The maximum absolute atomic E-state index is 11.8. The Labute approximate surface area is 88.6 Å². The number of nitrogens with zero attached hydrogens (tertiary/aromatic N) is 2. The molecular weight excluding hydrogens is 190 g/mol. The Morgan fingerprint density at radius 1 is 1.27 bits per heavy atom. The minimum absolute atomic E-state index is 0.140. The van der Waals surface area contributed by atoms with Gasteiger partial charge in [0, 0.05) is 7.05 Å². The minimum atomic E-state index is -0.240. The summed E-state index contributed by atoms with van der Waals surface area (Å²) in [5.74, 6) is -0.240. The summed E-state index contributed by atoms with van der Waals surface area (Å²) in [4.78, 5) is 11.8. The lowest BCUT2D eigenvalue weighted by molar-refractivity contribution is -0.113. The Morgan fingerprint density at radius 3 is 2.33 bits per heavy atom. The fraction of sp³-hybridized carbons (Fsp3) is 0.273. The largest absolute Gasteiger partial charge is 0.298 e. The van der Waals surface area contributed by atoms with Crippen LogP contribution in [0.5, 0.6) is 0 Å². The molecule has 1 aliphatic rings. The molecule has 1 aromatic carbocycles. The van der Waals surface area contributed by atoms with Gasteiger partial charge in [-0.05, 0) is 19.1 Å². The van der Waals surface area contributed by atoms with Crippen molar-refractivity contribution in [1.29, 1.82) is 5.41 Å². The number of hydrazine groups is 1. The lowest BCUT2D eigenvalue weighted by Gasteiger charge is -2.25. The molecule has 1 aliphatic heterocycles. The van der Waals surface area contributed by atoms with Gasteiger partial charge >= 0.3 is 0 Å². The van der Waals surface area contributed by atoms with Crippen molar-refractivity contribution in [2.24, 2.45) is 0 Å². The van der Waals surface area contributed by atoms with Gasteiger partial charge in [-0.2, -0.15) is 0 Å². The number of benzene rings is 1. The van der Waals surface area contributed by atoms with Gasteiger partial charge in [-0.15, -0.1) is 0 Å². The van der Waals surface area contributed by atoms with E-state index < -0.39 is 0 Å². The smallest absolute Gasteiger partial charge is 0.288 e. The molecule has 1 aromatic rings. The van der Waals surface area contributed by atoms with Gasteiger partial charge in [0.25, 0.3) is 5.91 Å². The zero-order valence-electron chi connectivity index (χ0n) is 8.77. The van der Waals surface area contributed by atoms with Crippen LogP contribution in [0.4, 0.5) is 5.69 Å². The highest BCUT2D eigenvalue weighted by Crippen LogP contribution is 2.22. The number of hydrogen-bond donors (Lipinski definition) is 1. The number of hydrogen-bond acceptors (Lipinski definition) is 3. The van der Waals surface area contributed by atoms with Crippen molar-refractivity contribution in [3.63, 3.8) is 0 Å². The van der Waals surface area contributed by atoms with Crippen LogP contribution in [0.25, 0.3) is 0 Å². The summed E-state index contributed by atoms with van der Waals surface area (Å²) in [6, 6.07) is 9.22. The second kappa shape index (κ2) is 3.47. The molecule has 78 valence electrons. The Kier molecular flexibility index (Phi) is 2.28. The first-order chi connectivity index (χ1) is 7.13. The quantitative estimate of drug-likeness (QED) is 0.747. The summed E-state index contributed by atoms with van der Waals surface area (Å²) in [5, 5.41) is 11.0. The van der Waals surface area contributed by atoms with E-state index in [1.165, 1.54) is 5.01 Å². The third-order valence-electron chi connectivity index (χ3n) is 2.72. The molecule has 1 atom stereocenters. The highest BCUT2D eigenvalue weighted by atomic mass is 16.2. The third-order valence-corrected chi connectivity index (χ3v) is 2.72. The third kappa shape index (κ3) is 1.43. The van der Waals surface area contributed by atoms with E-state index in [4.69, 9.17) is 5.41 Å². The van der Waals surface area contributed by atoms with Crippen molar-refractivity contribution < 1.29 is 4.79 Å². The fourth-order valence-corrected chi connectivity index (χ4v) is 1.66. The number of nitrogens with one attached hydrogen (secondary N) is 1. The molecule has 1 heterocycles. The lowest BCUT2D eigenvalue weighted by atomic mass is 10.2. The molecule has 0 aromatic heterocycles. The predicted octanol–water partition coefficient (Wildman–Crippen LogP) is 1.29. The molecule has 2 rings (SSSR count). The van der Waals surface area contributed by atoms with Crippen LogP contribution in [0.1, 0.15) is 6.92 Å². The van der Waals surface area contributed by atoms with E-state index in [-0.39, 0.29) is 17.7 Å². The standard InChI is InChI=1S/C11H13N3O/c1-8-10(12)11(15)14(13(8)2)9-6-4-3-5-7-9/h3-8,12H,1-2H3. The number of amides is 1. The second-order valence-electron chi connectivity index (χ2n) is 3.62. The van der Waals surface area contributed by atoms with Crippen molar-refractivity contribution in [3.8, 4) is 0 Å². The summed E-state index contributed by atoms with van der Waals surface area (Å²) in [7, 11) is 1.82. The van der Waals surface area contributed by atoms with Gasteiger partial charge < -0.3 is 0 Å². The van der Waals surface area contributed by atoms with Crippen LogP contribution in [-0.2, 0) is 4.79 Å². The van der Waals surface area contributed by atoms with Crippen molar-refractivity contribution in [2.75, 3.05) is 12.1 Å². The molecule has 0 spiro atoms. The molecule has 0 aliphatic carbocycles. The maximum Gasteiger partial charge on any atom is 0.288 e. The molecule has 1 saturated heterocycles. The number of carbonyl (C=O) groups is 1. The average molecular weight is 203 g/mol. The molecule has 4 nitrogen and oxygen atoms in total. The summed E-state index contributed by atoms with van der Waals surface area (Å²) in [6.07, 6.45) is 0. The monoisotopic (exact) mass is 203 g/mol. The van der Waals surface area contributed by atoms with Crippen molar-refractivity contribution in [3.05, 3.63) is 30.3 Å². The van der Waals surface area contributed by atoms with Crippen molar-refractivity contribution >= 4 is 17.3 Å². The molecule has 1 unspecified atom stereocenters. The number of rotatable bonds is 1. The normalized spacial score (nSPS) is 22.5. The first kappa shape index (κ1) is 9.86. The highest BCUT2D eigenvalue weighted by Gasteiger charge is 2.38. The van der Waals surface area contributed by atoms with E-state index in [2.05, 4.69) is 0 Å². The Bertz CT molecular complexity index is 402. The van der Waals surface area contributed by atoms with E-state index in [1.807, 2.05) is 44.3 Å². The Balaban J connectivity index is 2.39. The number of anilines is 1. The van der Waals surface area contributed by atoms with E-state index >= 15 is 0 Å². The van der Waals surface area contributed by atoms with Gasteiger partial charge in [0.2, 0.25) is 0 Å². The van der Waals surface area contributed by atoms with Crippen LogP contribution >= 0.6 is 0 Å². The predicted molar refractivity (Wildman–Crippen MR) is 58.9 cm³/mol. The summed E-state index contributed by atoms with van der Waals surface area (Å²) in [6.45, 7) is 1.85. The van der Waals surface area contributed by atoms with Gasteiger partial charge in [-0.1, -0.05) is 18.2 Å². The molecule has 1 N–H and O–H groups in total. The average Bonchev–Trinajstić information content (AvgIpc) is 2.45. The maximum atomic E-state index is 11.8. The van der Waals surface area contributed by atoms with E-state index in [9.17, 15) is 4.79 Å². The van der Waals surface area contributed by atoms with Gasteiger partial charge in [-0.3, -0.25) is 10.2 Å². The molecular formula is C11H13N3O. The highest BCUT2D eigenvalue weighted by molar-refractivity contribution is 6.46. The van der Waals surface area contributed by atoms with Gasteiger partial charge in [0.15, 0.2) is 0 Å². The number of carbonyl (C=O) groups excluding carboxylic acids is 1. The topological polar surface area (TPSA) is 47.4 Å². The van der Waals surface area contributed by atoms with Gasteiger partial charge in [0.05, 0.1) is 11.7 Å². The Morgan fingerprint density at radius 2 is 1.87 bits per heavy atom. The molecule has 0 saturated carbocycles. The van der Waals surface area contributed by atoms with Crippen LogP contribution in [0.2, 0.25) is 0 Å². The molecule has 1 fully saturated rings.